The molecule has 0 aliphatic rings. The van der Waals surface area contributed by atoms with Crippen LogP contribution in [0.1, 0.15) is 0 Å². The summed E-state index contributed by atoms with van der Waals surface area (Å²) in [6.07, 6.45) is -0.720. The number of rotatable bonds is 4. The summed E-state index contributed by atoms with van der Waals surface area (Å²) in [5.41, 5.74) is 3.71. The number of aliphatic hydroxyl groups is 2. The average Bonchev–Trinajstić information content (AvgIpc) is 2.72. The van der Waals surface area contributed by atoms with Gasteiger partial charge in [0, 0.05) is 12.2 Å². The molecule has 80 valence electrons. The topological polar surface area (TPSA) is 65.4 Å². The van der Waals surface area contributed by atoms with E-state index in [9.17, 15) is 5.11 Å². The first-order valence-electron chi connectivity index (χ1n) is 4.65. The summed E-state index contributed by atoms with van der Waals surface area (Å²) >= 11 is 1.58. The number of thiazole rings is 1. The molecular weight excluding hydrogens is 212 g/mol. The minimum atomic E-state index is -0.720. The van der Waals surface area contributed by atoms with Gasteiger partial charge in [-0.25, -0.2) is 4.98 Å². The number of hydrogen-bond donors (Lipinski definition) is 3. The van der Waals surface area contributed by atoms with Crippen LogP contribution in [-0.4, -0.2) is 34.5 Å². The Hall–Kier alpha value is -1.17. The van der Waals surface area contributed by atoms with Crippen LogP contribution >= 0.6 is 11.3 Å². The molecule has 15 heavy (non-hydrogen) atoms. The van der Waals surface area contributed by atoms with Crippen molar-refractivity contribution in [2.45, 2.75) is 6.10 Å². The van der Waals surface area contributed by atoms with Crippen molar-refractivity contribution in [2.75, 3.05) is 18.5 Å². The fourth-order valence-electron chi connectivity index (χ4n) is 1.27. The van der Waals surface area contributed by atoms with Gasteiger partial charge in [0.1, 0.15) is 0 Å². The largest absolute Gasteiger partial charge is 0.394 e. The maximum Gasteiger partial charge on any atom is 0.0942 e. The predicted octanol–water partition coefficient (Wildman–Crippen LogP) is 1.06. The highest BCUT2D eigenvalue weighted by atomic mass is 32.1. The van der Waals surface area contributed by atoms with Gasteiger partial charge in [-0.3, -0.25) is 0 Å². The minimum Gasteiger partial charge on any atom is -0.394 e. The van der Waals surface area contributed by atoms with Gasteiger partial charge in [-0.2, -0.15) is 0 Å². The number of benzene rings is 1. The molecule has 0 amide bonds. The van der Waals surface area contributed by atoms with Crippen LogP contribution in [-0.2, 0) is 0 Å². The summed E-state index contributed by atoms with van der Waals surface area (Å²) in [6, 6.07) is 5.82. The lowest BCUT2D eigenvalue weighted by molar-refractivity contribution is 0.105. The summed E-state index contributed by atoms with van der Waals surface area (Å²) in [4.78, 5) is 4.17. The van der Waals surface area contributed by atoms with Crippen molar-refractivity contribution in [1.82, 2.24) is 4.98 Å². The molecule has 0 aliphatic carbocycles. The van der Waals surface area contributed by atoms with E-state index in [0.717, 1.165) is 15.9 Å². The van der Waals surface area contributed by atoms with E-state index in [1.165, 1.54) is 0 Å². The van der Waals surface area contributed by atoms with Crippen LogP contribution in [0.25, 0.3) is 10.2 Å². The summed E-state index contributed by atoms with van der Waals surface area (Å²) in [5.74, 6) is 0. The Labute approximate surface area is 91.2 Å². The second-order valence-electron chi connectivity index (χ2n) is 3.25. The quantitative estimate of drug-likeness (QED) is 0.726. The molecule has 0 aliphatic heterocycles. The number of aromatic nitrogens is 1. The van der Waals surface area contributed by atoms with Gasteiger partial charge in [0.15, 0.2) is 0 Å². The van der Waals surface area contributed by atoms with E-state index < -0.39 is 6.10 Å². The van der Waals surface area contributed by atoms with Crippen LogP contribution in [0.2, 0.25) is 0 Å². The summed E-state index contributed by atoms with van der Waals surface area (Å²) < 4.78 is 1.11. The van der Waals surface area contributed by atoms with E-state index in [-0.39, 0.29) is 6.61 Å². The number of nitrogens with zero attached hydrogens (tertiary/aromatic N) is 1. The van der Waals surface area contributed by atoms with Crippen LogP contribution in [0.15, 0.2) is 23.7 Å². The van der Waals surface area contributed by atoms with Gasteiger partial charge in [-0.1, -0.05) is 0 Å². The molecular formula is C10H12N2O2S. The zero-order chi connectivity index (χ0) is 10.7. The van der Waals surface area contributed by atoms with Crippen LogP contribution in [0, 0.1) is 0 Å². The second-order valence-corrected chi connectivity index (χ2v) is 4.14. The maximum atomic E-state index is 9.17. The molecule has 0 fully saturated rings. The van der Waals surface area contributed by atoms with Gasteiger partial charge >= 0.3 is 0 Å². The fraction of sp³-hybridized carbons (Fsp3) is 0.300. The maximum absolute atomic E-state index is 9.17. The van der Waals surface area contributed by atoms with Gasteiger partial charge in [0.05, 0.1) is 28.4 Å². The van der Waals surface area contributed by atoms with Crippen molar-refractivity contribution in [3.05, 3.63) is 23.7 Å². The first kappa shape index (κ1) is 10.4. The van der Waals surface area contributed by atoms with Crippen molar-refractivity contribution in [2.24, 2.45) is 0 Å². The summed E-state index contributed by atoms with van der Waals surface area (Å²) in [5, 5.41) is 20.9. The lowest BCUT2D eigenvalue weighted by Gasteiger charge is -2.09. The van der Waals surface area contributed by atoms with Gasteiger partial charge < -0.3 is 15.5 Å². The molecule has 0 bridgehead atoms. The molecule has 1 atom stereocenters. The molecule has 2 rings (SSSR count). The number of fused-ring (bicyclic) bond motifs is 1. The highest BCUT2D eigenvalue weighted by Gasteiger charge is 2.02. The smallest absolute Gasteiger partial charge is 0.0942 e. The molecule has 4 nitrogen and oxygen atoms in total. The Balaban J connectivity index is 2.08. The molecule has 3 N–H and O–H groups in total. The van der Waals surface area contributed by atoms with E-state index in [1.807, 2.05) is 18.2 Å². The zero-order valence-electron chi connectivity index (χ0n) is 8.05. The third-order valence-electron chi connectivity index (χ3n) is 2.08. The van der Waals surface area contributed by atoms with Gasteiger partial charge in [-0.15, -0.1) is 11.3 Å². The molecule has 2 aromatic rings. The number of nitrogens with one attached hydrogen (secondary N) is 1. The van der Waals surface area contributed by atoms with Gasteiger partial charge in [0.2, 0.25) is 0 Å². The zero-order valence-corrected chi connectivity index (χ0v) is 8.87. The number of aliphatic hydroxyl groups excluding tert-OH is 2. The Morgan fingerprint density at radius 1 is 1.47 bits per heavy atom. The molecule has 0 saturated heterocycles. The van der Waals surface area contributed by atoms with Crippen LogP contribution in [0.5, 0.6) is 0 Å². The Morgan fingerprint density at radius 3 is 3.13 bits per heavy atom. The van der Waals surface area contributed by atoms with Crippen molar-refractivity contribution >= 4 is 27.2 Å². The molecule has 0 spiro atoms. The van der Waals surface area contributed by atoms with Crippen LogP contribution < -0.4 is 5.32 Å². The van der Waals surface area contributed by atoms with Crippen molar-refractivity contribution in [3.8, 4) is 0 Å². The van der Waals surface area contributed by atoms with Crippen molar-refractivity contribution < 1.29 is 10.2 Å². The lowest BCUT2D eigenvalue weighted by atomic mass is 10.3. The van der Waals surface area contributed by atoms with Crippen LogP contribution in [0.4, 0.5) is 5.69 Å². The lowest BCUT2D eigenvalue weighted by Crippen LogP contribution is -2.22. The van der Waals surface area contributed by atoms with Gasteiger partial charge in [0.25, 0.3) is 0 Å². The first-order chi connectivity index (χ1) is 7.29. The number of anilines is 1. The third-order valence-corrected chi connectivity index (χ3v) is 2.88. The Kier molecular flexibility index (Phi) is 3.15. The predicted molar refractivity (Wildman–Crippen MR) is 61.2 cm³/mol. The third kappa shape index (κ3) is 2.44. The van der Waals surface area contributed by atoms with E-state index in [0.29, 0.717) is 6.54 Å². The molecule has 0 unspecified atom stereocenters. The highest BCUT2D eigenvalue weighted by molar-refractivity contribution is 7.16. The van der Waals surface area contributed by atoms with Gasteiger partial charge in [-0.05, 0) is 18.2 Å². The molecule has 1 heterocycles. The monoisotopic (exact) mass is 224 g/mol. The fourth-order valence-corrected chi connectivity index (χ4v) is 1.98. The standard InChI is InChI=1S/C10H12N2O2S/c13-5-8(14)4-11-7-1-2-9-10(3-7)15-6-12-9/h1-3,6,8,11,13-14H,4-5H2/t8-/m0/s1. The van der Waals surface area contributed by atoms with E-state index in [4.69, 9.17) is 5.11 Å². The highest BCUT2D eigenvalue weighted by Crippen LogP contribution is 2.21. The molecule has 5 heteroatoms. The molecule has 0 saturated carbocycles. The van der Waals surface area contributed by atoms with Crippen molar-refractivity contribution in [1.29, 1.82) is 0 Å². The first-order valence-corrected chi connectivity index (χ1v) is 5.53. The molecule has 1 aromatic heterocycles. The SMILES string of the molecule is OC[C@@H](O)CNc1ccc2ncsc2c1. The Bertz CT molecular complexity index is 444. The average molecular weight is 224 g/mol. The van der Waals surface area contributed by atoms with E-state index in [2.05, 4.69) is 10.3 Å². The second kappa shape index (κ2) is 4.57. The van der Waals surface area contributed by atoms with E-state index in [1.54, 1.807) is 16.8 Å². The van der Waals surface area contributed by atoms with Crippen LogP contribution in [0.3, 0.4) is 0 Å². The van der Waals surface area contributed by atoms with E-state index >= 15 is 0 Å². The summed E-state index contributed by atoms with van der Waals surface area (Å²) in [6.45, 7) is 0.122. The van der Waals surface area contributed by atoms with Crippen molar-refractivity contribution in [3.63, 3.8) is 0 Å². The Morgan fingerprint density at radius 2 is 2.33 bits per heavy atom. The number of hydrogen-bond acceptors (Lipinski definition) is 5. The molecule has 0 radical (unpaired) electrons. The molecule has 1 aromatic carbocycles. The normalized spacial score (nSPS) is 12.9. The minimum absolute atomic E-state index is 0.226. The summed E-state index contributed by atoms with van der Waals surface area (Å²) in [7, 11) is 0.